The summed E-state index contributed by atoms with van der Waals surface area (Å²) in [7, 11) is 1.95. The molecule has 0 bridgehead atoms. The fourth-order valence-corrected chi connectivity index (χ4v) is 2.72. The Balaban J connectivity index is 2.26. The number of benzene rings is 1. The predicted molar refractivity (Wildman–Crippen MR) is 78.1 cm³/mol. The molecule has 1 heterocycles. The summed E-state index contributed by atoms with van der Waals surface area (Å²) in [6.45, 7) is 6.49. The van der Waals surface area contributed by atoms with E-state index in [0.29, 0.717) is 6.54 Å². The number of aryl methyl sites for hydroxylation is 1. The molecule has 0 radical (unpaired) electrons. The van der Waals surface area contributed by atoms with Crippen molar-refractivity contribution in [3.05, 3.63) is 29.3 Å². The van der Waals surface area contributed by atoms with Crippen molar-refractivity contribution in [2.45, 2.75) is 26.8 Å². The van der Waals surface area contributed by atoms with Gasteiger partial charge in [-0.05, 0) is 38.9 Å². The summed E-state index contributed by atoms with van der Waals surface area (Å²) in [6, 6.07) is 6.47. The Morgan fingerprint density at radius 1 is 1.53 bits per heavy atom. The molecule has 4 nitrogen and oxygen atoms in total. The number of nitrogens with zero attached hydrogens (tertiary/aromatic N) is 1. The zero-order chi connectivity index (χ0) is 14.0. The van der Waals surface area contributed by atoms with Crippen molar-refractivity contribution in [2.75, 3.05) is 25.0 Å². The van der Waals surface area contributed by atoms with Crippen LogP contribution in [0.5, 0.6) is 0 Å². The fourth-order valence-electron chi connectivity index (χ4n) is 2.72. The first kappa shape index (κ1) is 13.9. The highest BCUT2D eigenvalue weighted by Crippen LogP contribution is 2.34. The van der Waals surface area contributed by atoms with Gasteiger partial charge in [-0.15, -0.1) is 0 Å². The summed E-state index contributed by atoms with van der Waals surface area (Å²) < 4.78 is 0. The largest absolute Gasteiger partial charge is 0.370 e. The standard InChI is InChI=1S/C15H23N3O/c1-11-4-5-13(12(8-11)9-17-3)18-7-6-15(2,10-18)14(16)19/h4-5,8,17H,6-7,9-10H2,1-3H3,(H2,16,19). The lowest BCUT2D eigenvalue weighted by Crippen LogP contribution is -2.37. The third kappa shape index (κ3) is 2.73. The second-order valence-corrected chi connectivity index (χ2v) is 5.76. The number of amides is 1. The van der Waals surface area contributed by atoms with E-state index >= 15 is 0 Å². The topological polar surface area (TPSA) is 58.4 Å². The molecule has 1 atom stereocenters. The van der Waals surface area contributed by atoms with Crippen LogP contribution in [0.4, 0.5) is 5.69 Å². The van der Waals surface area contributed by atoms with Crippen molar-refractivity contribution in [2.24, 2.45) is 11.1 Å². The molecule has 1 aliphatic heterocycles. The fraction of sp³-hybridized carbons (Fsp3) is 0.533. The molecule has 2 rings (SSSR count). The Labute approximate surface area is 115 Å². The third-order valence-electron chi connectivity index (χ3n) is 4.01. The minimum atomic E-state index is -0.401. The minimum Gasteiger partial charge on any atom is -0.370 e. The zero-order valence-corrected chi connectivity index (χ0v) is 12.0. The van der Waals surface area contributed by atoms with Crippen LogP contribution in [0.3, 0.4) is 0 Å². The number of anilines is 1. The molecule has 0 aliphatic carbocycles. The van der Waals surface area contributed by atoms with Crippen molar-refractivity contribution < 1.29 is 4.79 Å². The van der Waals surface area contributed by atoms with Crippen LogP contribution in [0.1, 0.15) is 24.5 Å². The van der Waals surface area contributed by atoms with Crippen LogP contribution in [-0.2, 0) is 11.3 Å². The van der Waals surface area contributed by atoms with E-state index < -0.39 is 5.41 Å². The second-order valence-electron chi connectivity index (χ2n) is 5.76. The molecule has 4 heteroatoms. The lowest BCUT2D eigenvalue weighted by Gasteiger charge is -2.25. The maximum Gasteiger partial charge on any atom is 0.225 e. The minimum absolute atomic E-state index is 0.197. The van der Waals surface area contributed by atoms with Crippen molar-refractivity contribution in [1.82, 2.24) is 5.32 Å². The van der Waals surface area contributed by atoms with Gasteiger partial charge in [-0.2, -0.15) is 0 Å². The van der Waals surface area contributed by atoms with Crippen molar-refractivity contribution in [3.8, 4) is 0 Å². The lowest BCUT2D eigenvalue weighted by atomic mass is 9.89. The Bertz CT molecular complexity index is 486. The molecule has 0 aromatic heterocycles. The molecule has 1 saturated heterocycles. The van der Waals surface area contributed by atoms with Crippen LogP contribution in [0.2, 0.25) is 0 Å². The molecule has 0 spiro atoms. The van der Waals surface area contributed by atoms with Crippen LogP contribution in [0.25, 0.3) is 0 Å². The zero-order valence-electron chi connectivity index (χ0n) is 12.0. The highest BCUT2D eigenvalue weighted by Gasteiger charge is 2.39. The summed E-state index contributed by atoms with van der Waals surface area (Å²) in [4.78, 5) is 13.8. The number of primary amides is 1. The Hall–Kier alpha value is -1.55. The van der Waals surface area contributed by atoms with Crippen LogP contribution >= 0.6 is 0 Å². The first-order valence-electron chi connectivity index (χ1n) is 6.75. The van der Waals surface area contributed by atoms with E-state index in [1.54, 1.807) is 0 Å². The second kappa shape index (κ2) is 5.21. The Morgan fingerprint density at radius 3 is 2.84 bits per heavy atom. The SMILES string of the molecule is CNCc1cc(C)ccc1N1CCC(C)(C(N)=O)C1. The number of rotatable bonds is 4. The molecule has 104 valence electrons. The Kier molecular flexibility index (Phi) is 3.80. The number of hydrogen-bond donors (Lipinski definition) is 2. The number of nitrogens with one attached hydrogen (secondary N) is 1. The normalized spacial score (nSPS) is 22.8. The number of hydrogen-bond acceptors (Lipinski definition) is 3. The van der Waals surface area contributed by atoms with Crippen molar-refractivity contribution in [3.63, 3.8) is 0 Å². The quantitative estimate of drug-likeness (QED) is 0.861. The van der Waals surface area contributed by atoms with Gasteiger partial charge in [0.25, 0.3) is 0 Å². The van der Waals surface area contributed by atoms with Crippen molar-refractivity contribution in [1.29, 1.82) is 0 Å². The Morgan fingerprint density at radius 2 is 2.26 bits per heavy atom. The molecular weight excluding hydrogens is 238 g/mol. The molecule has 0 saturated carbocycles. The van der Waals surface area contributed by atoms with Gasteiger partial charge < -0.3 is 16.0 Å². The van der Waals surface area contributed by atoms with E-state index in [1.165, 1.54) is 16.8 Å². The average Bonchev–Trinajstić information content (AvgIpc) is 2.74. The van der Waals surface area contributed by atoms with Gasteiger partial charge in [0.15, 0.2) is 0 Å². The number of carbonyl (C=O) groups excluding carboxylic acids is 1. The van der Waals surface area contributed by atoms with Crippen molar-refractivity contribution >= 4 is 11.6 Å². The maximum atomic E-state index is 11.5. The average molecular weight is 261 g/mol. The lowest BCUT2D eigenvalue weighted by molar-refractivity contribution is -0.125. The van der Waals surface area contributed by atoms with Gasteiger partial charge in [0, 0.05) is 25.3 Å². The molecule has 3 N–H and O–H groups in total. The molecule has 1 aromatic rings. The van der Waals surface area contributed by atoms with Crippen LogP contribution in [0, 0.1) is 12.3 Å². The first-order chi connectivity index (χ1) is 8.96. The van der Waals surface area contributed by atoms with Gasteiger partial charge in [0.2, 0.25) is 5.91 Å². The highest BCUT2D eigenvalue weighted by atomic mass is 16.1. The highest BCUT2D eigenvalue weighted by molar-refractivity contribution is 5.82. The van der Waals surface area contributed by atoms with E-state index in [4.69, 9.17) is 5.73 Å². The van der Waals surface area contributed by atoms with Gasteiger partial charge in [-0.3, -0.25) is 4.79 Å². The smallest absolute Gasteiger partial charge is 0.225 e. The van der Waals surface area contributed by atoms with E-state index in [1.807, 2.05) is 14.0 Å². The van der Waals surface area contributed by atoms with Gasteiger partial charge in [0.1, 0.15) is 0 Å². The van der Waals surface area contributed by atoms with E-state index in [0.717, 1.165) is 19.5 Å². The molecule has 1 unspecified atom stereocenters. The monoisotopic (exact) mass is 261 g/mol. The summed E-state index contributed by atoms with van der Waals surface area (Å²) in [5, 5.41) is 3.20. The first-order valence-corrected chi connectivity index (χ1v) is 6.75. The van der Waals surface area contributed by atoms with Gasteiger partial charge >= 0.3 is 0 Å². The van der Waals surface area contributed by atoms with Gasteiger partial charge in [-0.25, -0.2) is 0 Å². The molecule has 1 aliphatic rings. The van der Waals surface area contributed by atoms with Crippen LogP contribution in [-0.4, -0.2) is 26.0 Å². The van der Waals surface area contributed by atoms with Gasteiger partial charge in [0.05, 0.1) is 5.41 Å². The van der Waals surface area contributed by atoms with E-state index in [-0.39, 0.29) is 5.91 Å². The molecule has 19 heavy (non-hydrogen) atoms. The third-order valence-corrected chi connectivity index (χ3v) is 4.01. The molecule has 1 fully saturated rings. The number of carbonyl (C=O) groups is 1. The summed E-state index contributed by atoms with van der Waals surface area (Å²) >= 11 is 0. The van der Waals surface area contributed by atoms with E-state index in [9.17, 15) is 4.79 Å². The summed E-state index contributed by atoms with van der Waals surface area (Å²) in [5.41, 5.74) is 8.86. The maximum absolute atomic E-state index is 11.5. The van der Waals surface area contributed by atoms with Crippen LogP contribution < -0.4 is 16.0 Å². The predicted octanol–water partition coefficient (Wildman–Crippen LogP) is 1.42. The molecule has 1 amide bonds. The molecule has 1 aromatic carbocycles. The number of nitrogens with two attached hydrogens (primary N) is 1. The van der Waals surface area contributed by atoms with Crippen LogP contribution in [0.15, 0.2) is 18.2 Å². The molecular formula is C15H23N3O. The van der Waals surface area contributed by atoms with E-state index in [2.05, 4.69) is 35.3 Å². The van der Waals surface area contributed by atoms with Gasteiger partial charge in [-0.1, -0.05) is 17.7 Å². The summed E-state index contributed by atoms with van der Waals surface area (Å²) in [5.74, 6) is -0.197. The summed E-state index contributed by atoms with van der Waals surface area (Å²) in [6.07, 6.45) is 0.829.